The molecular formula is C24H21FN4O. The van der Waals surface area contributed by atoms with Gasteiger partial charge in [-0.3, -0.25) is 4.79 Å². The predicted molar refractivity (Wildman–Crippen MR) is 115 cm³/mol. The molecular weight excluding hydrogens is 379 g/mol. The number of rotatable bonds is 4. The van der Waals surface area contributed by atoms with Gasteiger partial charge in [-0.05, 0) is 57.2 Å². The van der Waals surface area contributed by atoms with E-state index in [0.717, 1.165) is 17.0 Å². The number of carbonyl (C=O) groups excluding carboxylic acids is 1. The maximum Gasteiger partial charge on any atom is 0.257 e. The topological polar surface area (TPSA) is 59.8 Å². The van der Waals surface area contributed by atoms with Crippen molar-refractivity contribution in [1.82, 2.24) is 14.5 Å². The monoisotopic (exact) mass is 400 g/mol. The Morgan fingerprint density at radius 1 is 1.00 bits per heavy atom. The van der Waals surface area contributed by atoms with Crippen molar-refractivity contribution in [3.8, 4) is 16.9 Å². The molecule has 4 aromatic rings. The van der Waals surface area contributed by atoms with Crippen LogP contribution < -0.4 is 5.32 Å². The number of nitrogens with one attached hydrogen (secondary N) is 1. The van der Waals surface area contributed by atoms with Crippen LogP contribution in [0.3, 0.4) is 0 Å². The minimum atomic E-state index is -0.334. The fraction of sp³-hybridized carbons (Fsp3) is 0.125. The summed E-state index contributed by atoms with van der Waals surface area (Å²) in [5.41, 5.74) is 4.72. The van der Waals surface area contributed by atoms with Crippen molar-refractivity contribution < 1.29 is 9.18 Å². The first-order valence-electron chi connectivity index (χ1n) is 9.59. The Bertz CT molecular complexity index is 1250. The number of hydrogen-bond acceptors (Lipinski definition) is 3. The molecule has 1 N–H and O–H groups in total. The van der Waals surface area contributed by atoms with Crippen LogP contribution in [0.15, 0.2) is 66.9 Å². The number of benzene rings is 2. The second-order valence-electron chi connectivity index (χ2n) is 7.10. The Hall–Kier alpha value is -3.80. The van der Waals surface area contributed by atoms with E-state index in [0.29, 0.717) is 28.5 Å². The molecule has 0 aliphatic rings. The zero-order valence-electron chi connectivity index (χ0n) is 17.0. The molecule has 0 bridgehead atoms. The van der Waals surface area contributed by atoms with Crippen molar-refractivity contribution in [2.75, 3.05) is 5.32 Å². The van der Waals surface area contributed by atoms with E-state index in [2.05, 4.69) is 15.3 Å². The summed E-state index contributed by atoms with van der Waals surface area (Å²) >= 11 is 0. The summed E-state index contributed by atoms with van der Waals surface area (Å²) in [5, 5.41) is 2.94. The van der Waals surface area contributed by atoms with Crippen molar-refractivity contribution in [3.05, 3.63) is 95.5 Å². The molecule has 0 spiro atoms. The molecule has 150 valence electrons. The minimum Gasteiger partial charge on any atom is -0.322 e. The highest BCUT2D eigenvalue weighted by Crippen LogP contribution is 2.25. The van der Waals surface area contributed by atoms with Crippen LogP contribution in [0, 0.1) is 26.6 Å². The molecule has 0 atom stereocenters. The summed E-state index contributed by atoms with van der Waals surface area (Å²) in [4.78, 5) is 21.5. The molecule has 0 saturated carbocycles. The minimum absolute atomic E-state index is 0.248. The summed E-state index contributed by atoms with van der Waals surface area (Å²) in [7, 11) is 0. The number of hydrogen-bond donors (Lipinski definition) is 1. The highest BCUT2D eigenvalue weighted by atomic mass is 19.1. The zero-order chi connectivity index (χ0) is 21.3. The molecule has 6 heteroatoms. The Morgan fingerprint density at radius 2 is 1.80 bits per heavy atom. The fourth-order valence-electron chi connectivity index (χ4n) is 3.57. The highest BCUT2D eigenvalue weighted by Gasteiger charge is 2.18. The molecule has 5 nitrogen and oxygen atoms in total. The van der Waals surface area contributed by atoms with Crippen LogP contribution in [-0.2, 0) is 0 Å². The van der Waals surface area contributed by atoms with E-state index in [9.17, 15) is 9.18 Å². The maximum absolute atomic E-state index is 14.3. The van der Waals surface area contributed by atoms with E-state index in [1.54, 1.807) is 35.0 Å². The van der Waals surface area contributed by atoms with E-state index in [-0.39, 0.29) is 11.7 Å². The molecule has 4 rings (SSSR count). The molecule has 0 fully saturated rings. The fourth-order valence-corrected chi connectivity index (χ4v) is 3.57. The lowest BCUT2D eigenvalue weighted by atomic mass is 10.1. The van der Waals surface area contributed by atoms with E-state index in [4.69, 9.17) is 0 Å². The summed E-state index contributed by atoms with van der Waals surface area (Å²) in [5.74, 6) is 0.100. The van der Waals surface area contributed by atoms with Crippen molar-refractivity contribution in [1.29, 1.82) is 0 Å². The third-order valence-electron chi connectivity index (χ3n) is 4.96. The zero-order valence-corrected chi connectivity index (χ0v) is 17.0. The van der Waals surface area contributed by atoms with Gasteiger partial charge in [-0.1, -0.05) is 24.3 Å². The molecule has 0 unspecified atom stereocenters. The van der Waals surface area contributed by atoms with Crippen LogP contribution in [0.25, 0.3) is 16.9 Å². The van der Waals surface area contributed by atoms with Crippen LogP contribution in [0.1, 0.15) is 27.6 Å². The van der Waals surface area contributed by atoms with Crippen LogP contribution in [-0.4, -0.2) is 20.4 Å². The molecule has 0 aliphatic heterocycles. The Kier molecular flexibility index (Phi) is 5.14. The normalized spacial score (nSPS) is 10.8. The lowest BCUT2D eigenvalue weighted by molar-refractivity contribution is 0.102. The first-order valence-corrected chi connectivity index (χ1v) is 9.59. The maximum atomic E-state index is 14.3. The van der Waals surface area contributed by atoms with Gasteiger partial charge in [0.25, 0.3) is 5.91 Å². The number of carbonyl (C=O) groups is 1. The van der Waals surface area contributed by atoms with Crippen molar-refractivity contribution >= 4 is 11.6 Å². The number of halogens is 1. The van der Waals surface area contributed by atoms with Crippen LogP contribution in [0.4, 0.5) is 10.1 Å². The van der Waals surface area contributed by atoms with Gasteiger partial charge < -0.3 is 9.88 Å². The first kappa shape index (κ1) is 19.5. The van der Waals surface area contributed by atoms with Gasteiger partial charge in [0.1, 0.15) is 11.6 Å². The summed E-state index contributed by atoms with van der Waals surface area (Å²) in [6.45, 7) is 5.50. The number of aryl methyl sites for hydroxylation is 2. The van der Waals surface area contributed by atoms with Crippen molar-refractivity contribution in [3.63, 3.8) is 0 Å². The van der Waals surface area contributed by atoms with Crippen molar-refractivity contribution in [2.24, 2.45) is 0 Å². The average Bonchev–Trinajstić information content (AvgIpc) is 3.03. The number of anilines is 1. The smallest absolute Gasteiger partial charge is 0.257 e. The molecule has 30 heavy (non-hydrogen) atoms. The van der Waals surface area contributed by atoms with E-state index in [1.807, 2.05) is 51.1 Å². The molecule has 1 amide bonds. The van der Waals surface area contributed by atoms with Gasteiger partial charge in [0.2, 0.25) is 0 Å². The standard InChI is InChI=1S/C24H21FN4O/c1-15-13-20(16(2)29(15)23-10-5-4-9-21(23)25)24(30)28-19-8-6-7-18(14-19)22-11-12-26-17(3)27-22/h4-14H,1-3H3,(H,28,30). The van der Waals surface area contributed by atoms with Gasteiger partial charge >= 0.3 is 0 Å². The molecule has 2 aromatic carbocycles. The lowest BCUT2D eigenvalue weighted by Gasteiger charge is -2.11. The molecule has 0 aliphatic carbocycles. The third-order valence-corrected chi connectivity index (χ3v) is 4.96. The lowest BCUT2D eigenvalue weighted by Crippen LogP contribution is -2.13. The van der Waals surface area contributed by atoms with E-state index >= 15 is 0 Å². The van der Waals surface area contributed by atoms with Gasteiger partial charge in [-0.15, -0.1) is 0 Å². The quantitative estimate of drug-likeness (QED) is 0.509. The van der Waals surface area contributed by atoms with E-state index < -0.39 is 0 Å². The number of nitrogens with zero attached hydrogens (tertiary/aromatic N) is 3. The Labute approximate surface area is 174 Å². The summed E-state index contributed by atoms with van der Waals surface area (Å²) < 4.78 is 16.0. The molecule has 0 saturated heterocycles. The molecule has 2 aromatic heterocycles. The first-order chi connectivity index (χ1) is 14.4. The number of para-hydroxylation sites is 1. The van der Waals surface area contributed by atoms with Gasteiger partial charge in [-0.2, -0.15) is 0 Å². The van der Waals surface area contributed by atoms with Gasteiger partial charge in [-0.25, -0.2) is 14.4 Å². The number of amides is 1. The Morgan fingerprint density at radius 3 is 2.57 bits per heavy atom. The second kappa shape index (κ2) is 7.91. The second-order valence-corrected chi connectivity index (χ2v) is 7.10. The van der Waals surface area contributed by atoms with Gasteiger partial charge in [0.05, 0.1) is 16.9 Å². The van der Waals surface area contributed by atoms with E-state index in [1.165, 1.54) is 6.07 Å². The summed E-state index contributed by atoms with van der Waals surface area (Å²) in [6, 6.07) is 17.6. The average molecular weight is 400 g/mol. The highest BCUT2D eigenvalue weighted by molar-refractivity contribution is 6.05. The predicted octanol–water partition coefficient (Wildman–Crippen LogP) is 5.25. The molecule has 2 heterocycles. The third kappa shape index (κ3) is 3.72. The van der Waals surface area contributed by atoms with Crippen molar-refractivity contribution in [2.45, 2.75) is 20.8 Å². The number of aromatic nitrogens is 3. The summed E-state index contributed by atoms with van der Waals surface area (Å²) in [6.07, 6.45) is 1.71. The van der Waals surface area contributed by atoms with Gasteiger partial charge in [0, 0.05) is 28.8 Å². The SMILES string of the molecule is Cc1nccc(-c2cccc(NC(=O)c3cc(C)n(-c4ccccc4F)c3C)c2)n1. The largest absolute Gasteiger partial charge is 0.322 e. The van der Waals surface area contributed by atoms with Gasteiger partial charge in [0.15, 0.2) is 0 Å². The van der Waals surface area contributed by atoms with Crippen LogP contribution >= 0.6 is 0 Å². The van der Waals surface area contributed by atoms with Crippen LogP contribution in [0.2, 0.25) is 0 Å². The van der Waals surface area contributed by atoms with Crippen LogP contribution in [0.5, 0.6) is 0 Å². The molecule has 0 radical (unpaired) electrons. The Balaban J connectivity index is 1.63.